The van der Waals surface area contributed by atoms with E-state index in [2.05, 4.69) is 5.32 Å². The van der Waals surface area contributed by atoms with Crippen molar-refractivity contribution in [1.82, 2.24) is 5.32 Å². The SMILES string of the molecule is COc1ccc(C(C)NC(=O)C2c3ccccc3Oc3ccccc32)cc1F. The van der Waals surface area contributed by atoms with Crippen LogP contribution in [0, 0.1) is 5.82 Å². The van der Waals surface area contributed by atoms with E-state index in [1.54, 1.807) is 12.1 Å². The molecule has 1 heterocycles. The second-order valence-electron chi connectivity index (χ2n) is 6.73. The lowest BCUT2D eigenvalue weighted by atomic mass is 9.87. The Labute approximate surface area is 162 Å². The monoisotopic (exact) mass is 377 g/mol. The third-order valence-electron chi connectivity index (χ3n) is 4.98. The molecule has 0 aliphatic carbocycles. The predicted molar refractivity (Wildman–Crippen MR) is 104 cm³/mol. The lowest BCUT2D eigenvalue weighted by molar-refractivity contribution is -0.122. The summed E-state index contributed by atoms with van der Waals surface area (Å²) in [6.07, 6.45) is 0. The van der Waals surface area contributed by atoms with Crippen LogP contribution < -0.4 is 14.8 Å². The number of amides is 1. The highest BCUT2D eigenvalue weighted by molar-refractivity contribution is 5.89. The average molecular weight is 377 g/mol. The summed E-state index contributed by atoms with van der Waals surface area (Å²) in [5.74, 6) is 0.407. The van der Waals surface area contributed by atoms with Crippen molar-refractivity contribution >= 4 is 5.91 Å². The van der Waals surface area contributed by atoms with Crippen molar-refractivity contribution in [2.75, 3.05) is 7.11 Å². The van der Waals surface area contributed by atoms with Crippen molar-refractivity contribution in [3.63, 3.8) is 0 Å². The minimum Gasteiger partial charge on any atom is -0.494 e. The number of hydrogen-bond acceptors (Lipinski definition) is 3. The van der Waals surface area contributed by atoms with E-state index in [9.17, 15) is 9.18 Å². The number of carbonyl (C=O) groups is 1. The number of rotatable bonds is 4. The maximum atomic E-state index is 14.0. The Morgan fingerprint density at radius 2 is 1.64 bits per heavy atom. The molecule has 1 unspecified atom stereocenters. The summed E-state index contributed by atoms with van der Waals surface area (Å²) in [6.45, 7) is 1.83. The number of fused-ring (bicyclic) bond motifs is 2. The molecule has 142 valence electrons. The van der Waals surface area contributed by atoms with Crippen molar-refractivity contribution in [2.24, 2.45) is 0 Å². The molecule has 0 saturated heterocycles. The van der Waals surface area contributed by atoms with Gasteiger partial charge in [-0.1, -0.05) is 42.5 Å². The molecular weight excluding hydrogens is 357 g/mol. The molecule has 3 aromatic rings. The van der Waals surface area contributed by atoms with Gasteiger partial charge >= 0.3 is 0 Å². The molecule has 1 aliphatic heterocycles. The zero-order chi connectivity index (χ0) is 19.7. The standard InChI is InChI=1S/C23H20FNO3/c1-14(15-11-12-21(27-2)18(24)13-15)25-23(26)22-16-7-3-5-9-19(16)28-20-10-6-4-8-17(20)22/h3-14,22H,1-2H3,(H,25,26). The van der Waals surface area contributed by atoms with E-state index in [4.69, 9.17) is 9.47 Å². The number of benzene rings is 3. The van der Waals surface area contributed by atoms with Crippen LogP contribution in [0.15, 0.2) is 66.7 Å². The summed E-state index contributed by atoms with van der Waals surface area (Å²) in [7, 11) is 1.42. The Morgan fingerprint density at radius 3 is 2.21 bits per heavy atom. The molecule has 0 aromatic heterocycles. The van der Waals surface area contributed by atoms with Crippen molar-refractivity contribution in [3.8, 4) is 17.2 Å². The van der Waals surface area contributed by atoms with E-state index in [1.807, 2.05) is 55.5 Å². The van der Waals surface area contributed by atoms with E-state index < -0.39 is 11.7 Å². The molecule has 4 nitrogen and oxygen atoms in total. The third-order valence-corrected chi connectivity index (χ3v) is 4.98. The Bertz CT molecular complexity index is 988. The van der Waals surface area contributed by atoms with Gasteiger partial charge in [0, 0.05) is 11.1 Å². The summed E-state index contributed by atoms with van der Waals surface area (Å²) in [5, 5.41) is 3.01. The summed E-state index contributed by atoms with van der Waals surface area (Å²) in [5.41, 5.74) is 2.29. The van der Waals surface area contributed by atoms with Gasteiger partial charge in [0.1, 0.15) is 11.5 Å². The average Bonchev–Trinajstić information content (AvgIpc) is 2.71. The molecule has 0 radical (unpaired) electrons. The quantitative estimate of drug-likeness (QED) is 0.700. The van der Waals surface area contributed by atoms with Crippen molar-refractivity contribution in [3.05, 3.63) is 89.2 Å². The number of nitrogens with one attached hydrogen (secondary N) is 1. The number of ether oxygens (including phenoxy) is 2. The van der Waals surface area contributed by atoms with Gasteiger partial charge in [-0.15, -0.1) is 0 Å². The van der Waals surface area contributed by atoms with E-state index in [0.717, 1.165) is 11.1 Å². The van der Waals surface area contributed by atoms with Crippen LogP contribution in [0.4, 0.5) is 4.39 Å². The Kier molecular flexibility index (Phi) is 4.74. The first-order valence-electron chi connectivity index (χ1n) is 9.08. The zero-order valence-corrected chi connectivity index (χ0v) is 15.6. The van der Waals surface area contributed by atoms with Gasteiger partial charge < -0.3 is 14.8 Å². The van der Waals surface area contributed by atoms with Crippen LogP contribution in [0.1, 0.15) is 35.6 Å². The van der Waals surface area contributed by atoms with Crippen LogP contribution >= 0.6 is 0 Å². The summed E-state index contributed by atoms with van der Waals surface area (Å²) < 4.78 is 24.9. The Hall–Kier alpha value is -3.34. The lowest BCUT2D eigenvalue weighted by Crippen LogP contribution is -2.33. The van der Waals surface area contributed by atoms with Crippen molar-refractivity contribution < 1.29 is 18.7 Å². The van der Waals surface area contributed by atoms with Crippen molar-refractivity contribution in [1.29, 1.82) is 0 Å². The second-order valence-corrected chi connectivity index (χ2v) is 6.73. The zero-order valence-electron chi connectivity index (χ0n) is 15.6. The molecule has 1 amide bonds. The molecule has 1 aliphatic rings. The fraction of sp³-hybridized carbons (Fsp3) is 0.174. The van der Waals surface area contributed by atoms with Crippen LogP contribution in [-0.4, -0.2) is 13.0 Å². The van der Waals surface area contributed by atoms with Gasteiger partial charge in [-0.25, -0.2) is 4.39 Å². The first-order valence-corrected chi connectivity index (χ1v) is 9.08. The molecule has 1 N–H and O–H groups in total. The highest BCUT2D eigenvalue weighted by Crippen LogP contribution is 2.44. The fourth-order valence-electron chi connectivity index (χ4n) is 3.52. The molecule has 0 bridgehead atoms. The van der Waals surface area contributed by atoms with Gasteiger partial charge in [0.2, 0.25) is 5.91 Å². The molecule has 5 heteroatoms. The van der Waals surface area contributed by atoms with Gasteiger partial charge in [0.05, 0.1) is 19.1 Å². The topological polar surface area (TPSA) is 47.6 Å². The molecule has 0 fully saturated rings. The van der Waals surface area contributed by atoms with Gasteiger partial charge in [-0.05, 0) is 36.8 Å². The number of hydrogen-bond donors (Lipinski definition) is 1. The Balaban J connectivity index is 1.64. The van der Waals surface area contributed by atoms with E-state index in [0.29, 0.717) is 17.1 Å². The highest BCUT2D eigenvalue weighted by Gasteiger charge is 2.33. The lowest BCUT2D eigenvalue weighted by Gasteiger charge is -2.28. The molecule has 3 aromatic carbocycles. The summed E-state index contributed by atoms with van der Waals surface area (Å²) >= 11 is 0. The number of carbonyl (C=O) groups excluding carboxylic acids is 1. The second kappa shape index (κ2) is 7.35. The van der Waals surface area contributed by atoms with E-state index >= 15 is 0 Å². The minimum absolute atomic E-state index is 0.160. The maximum Gasteiger partial charge on any atom is 0.232 e. The predicted octanol–water partition coefficient (Wildman–Crippen LogP) is 4.95. The third kappa shape index (κ3) is 3.20. The molecule has 28 heavy (non-hydrogen) atoms. The highest BCUT2D eigenvalue weighted by atomic mass is 19.1. The molecule has 4 rings (SSSR count). The number of para-hydroxylation sites is 2. The van der Waals surface area contributed by atoms with Gasteiger partial charge in [0.15, 0.2) is 11.6 Å². The fourth-order valence-corrected chi connectivity index (χ4v) is 3.52. The molecule has 0 saturated carbocycles. The number of methoxy groups -OCH3 is 1. The van der Waals surface area contributed by atoms with Crippen LogP contribution in [-0.2, 0) is 4.79 Å². The maximum absolute atomic E-state index is 14.0. The van der Waals surface area contributed by atoms with Crippen LogP contribution in [0.5, 0.6) is 17.2 Å². The summed E-state index contributed by atoms with van der Waals surface area (Å²) in [6, 6.07) is 19.4. The molecular formula is C23H20FNO3. The number of halogens is 1. The van der Waals surface area contributed by atoms with Crippen LogP contribution in [0.25, 0.3) is 0 Å². The first-order chi connectivity index (χ1) is 13.6. The van der Waals surface area contributed by atoms with Crippen molar-refractivity contribution in [2.45, 2.75) is 18.9 Å². The summed E-state index contributed by atoms with van der Waals surface area (Å²) in [4.78, 5) is 13.2. The van der Waals surface area contributed by atoms with Gasteiger partial charge in [-0.3, -0.25) is 4.79 Å². The molecule has 1 atom stereocenters. The smallest absolute Gasteiger partial charge is 0.232 e. The minimum atomic E-state index is -0.494. The first kappa shape index (κ1) is 18.0. The largest absolute Gasteiger partial charge is 0.494 e. The van der Waals surface area contributed by atoms with Gasteiger partial charge in [0.25, 0.3) is 0 Å². The van der Waals surface area contributed by atoms with E-state index in [-0.39, 0.29) is 17.7 Å². The van der Waals surface area contributed by atoms with Crippen LogP contribution in [0.2, 0.25) is 0 Å². The van der Waals surface area contributed by atoms with E-state index in [1.165, 1.54) is 13.2 Å². The van der Waals surface area contributed by atoms with Crippen LogP contribution in [0.3, 0.4) is 0 Å². The normalized spacial score (nSPS) is 13.7. The van der Waals surface area contributed by atoms with Gasteiger partial charge in [-0.2, -0.15) is 0 Å². The molecule has 0 spiro atoms. The Morgan fingerprint density at radius 1 is 1.04 bits per heavy atom.